The van der Waals surface area contributed by atoms with E-state index in [0.717, 1.165) is 5.57 Å². The van der Waals surface area contributed by atoms with E-state index in [1.54, 1.807) is 30.3 Å². The van der Waals surface area contributed by atoms with Gasteiger partial charge in [0.05, 0.1) is 27.5 Å². The fraction of sp³-hybridized carbons (Fsp3) is 0.182. The number of nitrogens with zero attached hydrogens (tertiary/aromatic N) is 1. The molecule has 2 aromatic carbocycles. The number of benzene rings is 2. The predicted octanol–water partition coefficient (Wildman–Crippen LogP) is 6.99. The monoisotopic (exact) mass is 480 g/mol. The maximum Gasteiger partial charge on any atom is 0.224 e. The molecule has 0 saturated heterocycles. The van der Waals surface area contributed by atoms with Gasteiger partial charge in [0.1, 0.15) is 0 Å². The van der Waals surface area contributed by atoms with Crippen LogP contribution >= 0.6 is 46.4 Å². The lowest BCUT2D eigenvalue weighted by Crippen LogP contribution is -2.36. The molecule has 1 aliphatic carbocycles. The number of fused-ring (bicyclic) bond motifs is 1. The summed E-state index contributed by atoms with van der Waals surface area (Å²) in [5, 5.41) is 4.73. The van der Waals surface area contributed by atoms with Gasteiger partial charge in [0.15, 0.2) is 5.78 Å². The molecule has 2 aromatic rings. The van der Waals surface area contributed by atoms with E-state index in [-0.39, 0.29) is 18.1 Å². The summed E-state index contributed by atoms with van der Waals surface area (Å²) in [6, 6.07) is 7.51. The molecule has 0 bridgehead atoms. The molecule has 1 atom stereocenters. The van der Waals surface area contributed by atoms with Crippen molar-refractivity contribution in [2.75, 3.05) is 10.2 Å². The molecule has 0 saturated carbocycles. The van der Waals surface area contributed by atoms with Gasteiger partial charge in [-0.1, -0.05) is 64.6 Å². The normalized spacial score (nSPS) is 18.6. The van der Waals surface area contributed by atoms with E-state index in [4.69, 9.17) is 46.4 Å². The summed E-state index contributed by atoms with van der Waals surface area (Å²) >= 11 is 25.2. The minimum Gasteiger partial charge on any atom is -0.356 e. The Hall–Kier alpha value is -1.98. The molecular weight excluding hydrogens is 466 g/mol. The van der Waals surface area contributed by atoms with Crippen LogP contribution in [0.2, 0.25) is 20.1 Å². The summed E-state index contributed by atoms with van der Waals surface area (Å²) in [6.45, 7) is 5.42. The summed E-state index contributed by atoms with van der Waals surface area (Å²) in [4.78, 5) is 27.6. The van der Waals surface area contributed by atoms with Crippen LogP contribution in [0, 0.1) is 0 Å². The minimum absolute atomic E-state index is 0.124. The minimum atomic E-state index is -0.756. The lowest BCUT2D eigenvalue weighted by atomic mass is 9.84. The van der Waals surface area contributed by atoms with Gasteiger partial charge in [0, 0.05) is 41.1 Å². The van der Waals surface area contributed by atoms with Crippen molar-refractivity contribution < 1.29 is 9.59 Å². The number of carbonyl (C=O) groups excluding carboxylic acids is 2. The molecule has 4 nitrogen and oxygen atoms in total. The van der Waals surface area contributed by atoms with E-state index in [9.17, 15) is 9.59 Å². The van der Waals surface area contributed by atoms with Crippen LogP contribution in [0.3, 0.4) is 0 Å². The number of hydrogen-bond acceptors (Lipinski definition) is 3. The zero-order valence-electron chi connectivity index (χ0n) is 15.9. The van der Waals surface area contributed by atoms with Crippen LogP contribution in [0.5, 0.6) is 0 Å². The lowest BCUT2D eigenvalue weighted by Gasteiger charge is -2.34. The number of Topliss-reactive ketones (excluding diaryl/α,β-unsaturated/α-hetero) is 1. The zero-order valence-corrected chi connectivity index (χ0v) is 18.9. The summed E-state index contributed by atoms with van der Waals surface area (Å²) < 4.78 is 0. The SMILES string of the molecule is C=C1CC(=O)C2=C(C1)Nc1cc(Cl)c(Cl)cc1N(C(C)=O)C2c1ccc(Cl)cc1Cl. The van der Waals surface area contributed by atoms with Gasteiger partial charge < -0.3 is 5.32 Å². The molecule has 0 fully saturated rings. The third-order valence-electron chi connectivity index (χ3n) is 5.17. The highest BCUT2D eigenvalue weighted by Gasteiger charge is 2.40. The summed E-state index contributed by atoms with van der Waals surface area (Å²) in [7, 11) is 0. The Bertz CT molecular complexity index is 1160. The average Bonchev–Trinajstić information content (AvgIpc) is 2.76. The Morgan fingerprint density at radius 2 is 1.77 bits per heavy atom. The van der Waals surface area contributed by atoms with Crippen LogP contribution in [0.4, 0.5) is 11.4 Å². The second-order valence-corrected chi connectivity index (χ2v) is 8.94. The van der Waals surface area contributed by atoms with E-state index in [1.165, 1.54) is 11.8 Å². The lowest BCUT2D eigenvalue weighted by molar-refractivity contribution is -0.117. The van der Waals surface area contributed by atoms with Gasteiger partial charge in [-0.3, -0.25) is 14.5 Å². The number of amides is 1. The topological polar surface area (TPSA) is 49.4 Å². The van der Waals surface area contributed by atoms with Crippen LogP contribution in [-0.4, -0.2) is 11.7 Å². The predicted molar refractivity (Wildman–Crippen MR) is 123 cm³/mol. The van der Waals surface area contributed by atoms with Crippen molar-refractivity contribution >= 4 is 69.5 Å². The van der Waals surface area contributed by atoms with Gasteiger partial charge in [-0.2, -0.15) is 0 Å². The smallest absolute Gasteiger partial charge is 0.224 e. The number of ketones is 1. The molecule has 1 heterocycles. The van der Waals surface area contributed by atoms with E-state index < -0.39 is 6.04 Å². The fourth-order valence-corrected chi connectivity index (χ4v) is 4.80. The van der Waals surface area contributed by atoms with E-state index in [2.05, 4.69) is 11.9 Å². The van der Waals surface area contributed by atoms with Crippen molar-refractivity contribution in [2.24, 2.45) is 0 Å². The largest absolute Gasteiger partial charge is 0.356 e. The number of carbonyl (C=O) groups is 2. The van der Waals surface area contributed by atoms with Crippen molar-refractivity contribution in [1.29, 1.82) is 0 Å². The second-order valence-electron chi connectivity index (χ2n) is 7.28. The number of allylic oxidation sites excluding steroid dienone is 1. The van der Waals surface area contributed by atoms with Crippen molar-refractivity contribution in [3.8, 4) is 0 Å². The van der Waals surface area contributed by atoms with Crippen LogP contribution in [0.25, 0.3) is 0 Å². The van der Waals surface area contributed by atoms with Crippen molar-refractivity contribution in [3.63, 3.8) is 0 Å². The molecule has 8 heteroatoms. The van der Waals surface area contributed by atoms with Crippen molar-refractivity contribution in [1.82, 2.24) is 0 Å². The quantitative estimate of drug-likeness (QED) is 0.446. The highest BCUT2D eigenvalue weighted by Crippen LogP contribution is 2.48. The number of rotatable bonds is 1. The highest BCUT2D eigenvalue weighted by atomic mass is 35.5. The highest BCUT2D eigenvalue weighted by molar-refractivity contribution is 6.42. The maximum absolute atomic E-state index is 13.2. The first kappa shape index (κ1) is 21.3. The Morgan fingerprint density at radius 1 is 1.07 bits per heavy atom. The summed E-state index contributed by atoms with van der Waals surface area (Å²) in [6.07, 6.45) is 0.667. The van der Waals surface area contributed by atoms with Crippen LogP contribution < -0.4 is 10.2 Å². The molecule has 1 unspecified atom stereocenters. The van der Waals surface area contributed by atoms with E-state index in [1.807, 2.05) is 0 Å². The third-order valence-corrected chi connectivity index (χ3v) is 6.46. The van der Waals surface area contributed by atoms with Crippen LogP contribution in [0.1, 0.15) is 31.4 Å². The number of anilines is 2. The molecule has 0 aromatic heterocycles. The van der Waals surface area contributed by atoms with Crippen molar-refractivity contribution in [2.45, 2.75) is 25.8 Å². The standard InChI is InChI=1S/C22H16Cl4N2O2/c1-10-5-18-21(20(30)6-10)22(13-4-3-12(23)7-14(13)24)28(11(2)29)19-9-16(26)15(25)8-17(19)27-18/h3-4,7-9,22,27H,1,5-6H2,2H3. The van der Waals surface area contributed by atoms with Gasteiger partial charge in [-0.05, 0) is 29.8 Å². The summed E-state index contributed by atoms with van der Waals surface area (Å²) in [5.74, 6) is -0.403. The van der Waals surface area contributed by atoms with Gasteiger partial charge in [0.25, 0.3) is 0 Å². The molecule has 1 amide bonds. The first-order valence-corrected chi connectivity index (χ1v) is 10.6. The van der Waals surface area contributed by atoms with Crippen molar-refractivity contribution in [3.05, 3.63) is 79.4 Å². The molecule has 0 spiro atoms. The Kier molecular flexibility index (Phi) is 5.62. The molecule has 0 radical (unpaired) electrons. The third kappa shape index (κ3) is 3.63. The second kappa shape index (κ2) is 7.93. The Morgan fingerprint density at radius 3 is 2.43 bits per heavy atom. The van der Waals surface area contributed by atoms with Gasteiger partial charge in [-0.25, -0.2) is 0 Å². The molecule has 154 valence electrons. The van der Waals surface area contributed by atoms with E-state index in [0.29, 0.717) is 54.7 Å². The number of hydrogen-bond donors (Lipinski definition) is 1. The molecular formula is C22H16Cl4N2O2. The molecule has 2 aliphatic rings. The fourth-order valence-electron chi connectivity index (χ4n) is 3.96. The molecule has 4 rings (SSSR count). The van der Waals surface area contributed by atoms with Crippen LogP contribution in [0.15, 0.2) is 53.8 Å². The van der Waals surface area contributed by atoms with Gasteiger partial charge in [0.2, 0.25) is 5.91 Å². The van der Waals surface area contributed by atoms with E-state index >= 15 is 0 Å². The number of halogens is 4. The summed E-state index contributed by atoms with van der Waals surface area (Å²) in [5.41, 5.74) is 3.57. The zero-order chi connectivity index (χ0) is 21.7. The first-order chi connectivity index (χ1) is 14.2. The maximum atomic E-state index is 13.2. The van der Waals surface area contributed by atoms with Crippen LogP contribution in [-0.2, 0) is 9.59 Å². The Balaban J connectivity index is 2.07. The molecule has 30 heavy (non-hydrogen) atoms. The van der Waals surface area contributed by atoms with Gasteiger partial charge in [-0.15, -0.1) is 0 Å². The first-order valence-electron chi connectivity index (χ1n) is 9.11. The Labute approximate surface area is 194 Å². The van der Waals surface area contributed by atoms with Gasteiger partial charge >= 0.3 is 0 Å². The molecule has 1 N–H and O–H groups in total. The molecule has 1 aliphatic heterocycles. The average molecular weight is 482 g/mol. The number of nitrogens with one attached hydrogen (secondary N) is 1.